The summed E-state index contributed by atoms with van der Waals surface area (Å²) < 4.78 is 0. The Morgan fingerprint density at radius 3 is 2.45 bits per heavy atom. The third-order valence-electron chi connectivity index (χ3n) is 0.927. The summed E-state index contributed by atoms with van der Waals surface area (Å²) in [5, 5.41) is 8.17. The van der Waals surface area contributed by atoms with Gasteiger partial charge in [-0.25, -0.2) is 0 Å². The minimum atomic E-state index is -0.877. The second kappa shape index (κ2) is 6.18. The molecule has 64 valence electrons. The van der Waals surface area contributed by atoms with Crippen LogP contribution in [0.4, 0.5) is 0 Å². The van der Waals surface area contributed by atoms with Crippen molar-refractivity contribution in [3.63, 3.8) is 0 Å². The molecule has 0 aliphatic heterocycles. The third-order valence-corrected chi connectivity index (χ3v) is 1.86. The summed E-state index contributed by atoms with van der Waals surface area (Å²) in [5.74, 6) is -0.535. The highest BCUT2D eigenvalue weighted by molar-refractivity contribution is 8.13. The summed E-state index contributed by atoms with van der Waals surface area (Å²) >= 11 is 1.03. The molecule has 0 aliphatic carbocycles. The maximum atomic E-state index is 10.7. The Morgan fingerprint density at radius 2 is 2.00 bits per heavy atom. The van der Waals surface area contributed by atoms with E-state index in [-0.39, 0.29) is 11.5 Å². The van der Waals surface area contributed by atoms with Crippen LogP contribution in [-0.2, 0) is 9.59 Å². The number of hydrogen-bond acceptors (Lipinski definition) is 4. The van der Waals surface area contributed by atoms with E-state index in [1.165, 1.54) is 0 Å². The van der Waals surface area contributed by atoms with E-state index in [0.717, 1.165) is 11.8 Å². The number of nitrogens with two attached hydrogens (primary N) is 1. The Hall–Kier alpha value is -0.550. The van der Waals surface area contributed by atoms with Gasteiger partial charge in [0.2, 0.25) is 0 Å². The highest BCUT2D eigenvalue weighted by Gasteiger charge is 2.02. The quantitative estimate of drug-likeness (QED) is 0.621. The average Bonchev–Trinajstić information content (AvgIpc) is 1.87. The van der Waals surface area contributed by atoms with Crippen LogP contribution in [0.5, 0.6) is 0 Å². The van der Waals surface area contributed by atoms with E-state index in [0.29, 0.717) is 18.7 Å². The Bertz CT molecular complexity index is 149. The Kier molecular flexibility index (Phi) is 5.87. The van der Waals surface area contributed by atoms with Gasteiger partial charge in [-0.2, -0.15) is 0 Å². The Morgan fingerprint density at radius 1 is 1.36 bits per heavy atom. The zero-order valence-corrected chi connectivity index (χ0v) is 6.89. The monoisotopic (exact) mass is 177 g/mol. The number of thioether (sulfide) groups is 1. The fourth-order valence-electron chi connectivity index (χ4n) is 0.442. The summed E-state index contributed by atoms with van der Waals surface area (Å²) in [6, 6.07) is 0. The molecule has 4 nitrogen and oxygen atoms in total. The summed E-state index contributed by atoms with van der Waals surface area (Å²) in [5.41, 5.74) is 5.11. The zero-order chi connectivity index (χ0) is 8.69. The first-order chi connectivity index (χ1) is 5.16. The van der Waals surface area contributed by atoms with Crippen molar-refractivity contribution in [2.75, 3.05) is 12.3 Å². The van der Waals surface area contributed by atoms with Crippen molar-refractivity contribution in [3.8, 4) is 0 Å². The van der Waals surface area contributed by atoms with Crippen LogP contribution in [0.15, 0.2) is 0 Å². The molecule has 0 rings (SSSR count). The fraction of sp³-hybridized carbons (Fsp3) is 0.667. The van der Waals surface area contributed by atoms with Gasteiger partial charge in [0.15, 0.2) is 5.12 Å². The van der Waals surface area contributed by atoms with Crippen molar-refractivity contribution in [1.82, 2.24) is 0 Å². The molecule has 0 saturated heterocycles. The molecular weight excluding hydrogens is 166 g/mol. The minimum absolute atomic E-state index is 0.0287. The molecule has 0 heterocycles. The lowest BCUT2D eigenvalue weighted by Crippen LogP contribution is -2.06. The molecule has 0 unspecified atom stereocenters. The molecule has 0 bridgehead atoms. The number of hydrogen-bond donors (Lipinski definition) is 2. The number of carboxylic acid groups (broad SMARTS) is 1. The molecule has 0 atom stereocenters. The molecule has 0 radical (unpaired) electrons. The maximum absolute atomic E-state index is 10.7. The van der Waals surface area contributed by atoms with Crippen molar-refractivity contribution < 1.29 is 14.7 Å². The van der Waals surface area contributed by atoms with E-state index in [4.69, 9.17) is 10.8 Å². The molecule has 3 N–H and O–H groups in total. The van der Waals surface area contributed by atoms with Crippen LogP contribution in [0.25, 0.3) is 0 Å². The van der Waals surface area contributed by atoms with E-state index < -0.39 is 5.97 Å². The van der Waals surface area contributed by atoms with Crippen molar-refractivity contribution >= 4 is 22.8 Å². The lowest BCUT2D eigenvalue weighted by atomic mass is 10.5. The zero-order valence-electron chi connectivity index (χ0n) is 6.08. The largest absolute Gasteiger partial charge is 0.481 e. The summed E-state index contributed by atoms with van der Waals surface area (Å²) in [7, 11) is 0. The van der Waals surface area contributed by atoms with Crippen LogP contribution >= 0.6 is 11.8 Å². The lowest BCUT2D eigenvalue weighted by molar-refractivity contribution is -0.136. The molecule has 5 heteroatoms. The molecule has 0 saturated carbocycles. The van der Waals surface area contributed by atoms with Gasteiger partial charge in [-0.3, -0.25) is 9.59 Å². The molecular formula is C6H11NO3S. The lowest BCUT2D eigenvalue weighted by Gasteiger charge is -1.95. The Labute approximate surface area is 69.1 Å². The van der Waals surface area contributed by atoms with E-state index in [1.807, 2.05) is 0 Å². The highest BCUT2D eigenvalue weighted by atomic mass is 32.2. The third kappa shape index (κ3) is 7.35. The number of carboxylic acids is 1. The van der Waals surface area contributed by atoms with Crippen molar-refractivity contribution in [2.24, 2.45) is 5.73 Å². The molecule has 11 heavy (non-hydrogen) atoms. The fourth-order valence-corrected chi connectivity index (χ4v) is 1.21. The van der Waals surface area contributed by atoms with E-state index >= 15 is 0 Å². The first-order valence-corrected chi connectivity index (χ1v) is 4.23. The molecule has 0 spiro atoms. The maximum Gasteiger partial charge on any atom is 0.304 e. The predicted octanol–water partition coefficient (Wildman–Crippen LogP) is 0.0697. The van der Waals surface area contributed by atoms with Crippen molar-refractivity contribution in [2.45, 2.75) is 12.8 Å². The van der Waals surface area contributed by atoms with Crippen molar-refractivity contribution in [3.05, 3.63) is 0 Å². The van der Waals surface area contributed by atoms with E-state index in [9.17, 15) is 9.59 Å². The van der Waals surface area contributed by atoms with E-state index in [1.54, 1.807) is 0 Å². The Balaban J connectivity index is 3.24. The van der Waals surface area contributed by atoms with Crippen LogP contribution in [0, 0.1) is 0 Å². The predicted molar refractivity (Wildman–Crippen MR) is 43.4 cm³/mol. The number of rotatable bonds is 5. The minimum Gasteiger partial charge on any atom is -0.481 e. The van der Waals surface area contributed by atoms with Gasteiger partial charge in [0, 0.05) is 18.7 Å². The SMILES string of the molecule is NCCC(=O)SCCC(=O)O. The van der Waals surface area contributed by atoms with Crippen molar-refractivity contribution in [1.29, 1.82) is 0 Å². The summed E-state index contributed by atoms with van der Waals surface area (Å²) in [6.45, 7) is 0.332. The average molecular weight is 177 g/mol. The van der Waals surface area contributed by atoms with Gasteiger partial charge in [-0.1, -0.05) is 11.8 Å². The van der Waals surface area contributed by atoms with Crippen LogP contribution < -0.4 is 5.73 Å². The topological polar surface area (TPSA) is 80.4 Å². The van der Waals surface area contributed by atoms with Gasteiger partial charge in [0.25, 0.3) is 0 Å². The molecule has 0 aromatic rings. The van der Waals surface area contributed by atoms with Crippen LogP contribution in [-0.4, -0.2) is 28.5 Å². The van der Waals surface area contributed by atoms with Gasteiger partial charge >= 0.3 is 5.97 Å². The highest BCUT2D eigenvalue weighted by Crippen LogP contribution is 2.05. The van der Waals surface area contributed by atoms with Crippen LogP contribution in [0.1, 0.15) is 12.8 Å². The normalized spacial score (nSPS) is 9.55. The second-order valence-electron chi connectivity index (χ2n) is 1.90. The second-order valence-corrected chi connectivity index (χ2v) is 3.06. The van der Waals surface area contributed by atoms with Gasteiger partial charge < -0.3 is 10.8 Å². The van der Waals surface area contributed by atoms with Crippen LogP contribution in [0.3, 0.4) is 0 Å². The number of aliphatic carboxylic acids is 1. The van der Waals surface area contributed by atoms with Crippen LogP contribution in [0.2, 0.25) is 0 Å². The standard InChI is InChI=1S/C6H11NO3S/c7-3-1-6(10)11-4-2-5(8)9/h1-4,7H2,(H,8,9). The molecule has 0 fully saturated rings. The molecule has 0 aromatic heterocycles. The summed E-state index contributed by atoms with van der Waals surface area (Å²) in [4.78, 5) is 20.7. The van der Waals surface area contributed by atoms with E-state index in [2.05, 4.69) is 0 Å². The molecule has 0 aromatic carbocycles. The number of carbonyl (C=O) groups is 2. The molecule has 0 amide bonds. The smallest absolute Gasteiger partial charge is 0.304 e. The summed E-state index contributed by atoms with van der Waals surface area (Å²) in [6.07, 6.45) is 0.352. The molecule has 0 aliphatic rings. The van der Waals surface area contributed by atoms with Gasteiger partial charge in [0.05, 0.1) is 6.42 Å². The number of carbonyl (C=O) groups excluding carboxylic acids is 1. The van der Waals surface area contributed by atoms with Gasteiger partial charge in [-0.15, -0.1) is 0 Å². The van der Waals surface area contributed by atoms with Gasteiger partial charge in [0.1, 0.15) is 0 Å². The first-order valence-electron chi connectivity index (χ1n) is 3.24. The van der Waals surface area contributed by atoms with Gasteiger partial charge in [-0.05, 0) is 0 Å². The first kappa shape index (κ1) is 10.4.